The van der Waals surface area contributed by atoms with E-state index in [0.29, 0.717) is 6.04 Å². The Hall–Kier alpha value is -0.930. The third-order valence-electron chi connectivity index (χ3n) is 3.93. The molecule has 2 rings (SSSR count). The molecule has 0 radical (unpaired) electrons. The summed E-state index contributed by atoms with van der Waals surface area (Å²) in [5.74, 6) is 0.864. The lowest BCUT2D eigenvalue weighted by atomic mass is 9.98. The highest BCUT2D eigenvalue weighted by Crippen LogP contribution is 2.37. The van der Waals surface area contributed by atoms with Crippen molar-refractivity contribution >= 4 is 0 Å². The lowest BCUT2D eigenvalue weighted by Gasteiger charge is -2.36. The standard InChI is InChI=1S/C14H23N3/c1-10(15)14(13-6-8-16-9-7-13)17(3)11(2)12-4-5-12/h6-12,14H,4-5,15H2,1-3H3. The highest BCUT2D eigenvalue weighted by Gasteiger charge is 2.34. The minimum absolute atomic E-state index is 0.128. The molecule has 1 heterocycles. The molecule has 0 amide bonds. The van der Waals surface area contributed by atoms with Crippen molar-refractivity contribution in [2.45, 2.75) is 44.8 Å². The van der Waals surface area contributed by atoms with E-state index in [1.807, 2.05) is 12.4 Å². The second kappa shape index (κ2) is 5.15. The molecular formula is C14H23N3. The quantitative estimate of drug-likeness (QED) is 0.847. The van der Waals surface area contributed by atoms with E-state index in [1.54, 1.807) is 0 Å². The van der Waals surface area contributed by atoms with Gasteiger partial charge in [-0.05, 0) is 57.4 Å². The summed E-state index contributed by atoms with van der Waals surface area (Å²) >= 11 is 0. The first kappa shape index (κ1) is 12.5. The Kier molecular flexibility index (Phi) is 3.79. The molecule has 1 aromatic heterocycles. The maximum absolute atomic E-state index is 6.17. The van der Waals surface area contributed by atoms with Crippen LogP contribution in [0.4, 0.5) is 0 Å². The minimum atomic E-state index is 0.128. The summed E-state index contributed by atoms with van der Waals surface area (Å²) in [5, 5.41) is 0. The summed E-state index contributed by atoms with van der Waals surface area (Å²) in [6.45, 7) is 4.40. The van der Waals surface area contributed by atoms with E-state index >= 15 is 0 Å². The Morgan fingerprint density at radius 2 is 1.88 bits per heavy atom. The van der Waals surface area contributed by atoms with E-state index < -0.39 is 0 Å². The minimum Gasteiger partial charge on any atom is -0.326 e. The number of nitrogens with two attached hydrogens (primary N) is 1. The van der Waals surface area contributed by atoms with Crippen LogP contribution in [-0.4, -0.2) is 29.0 Å². The van der Waals surface area contributed by atoms with Gasteiger partial charge >= 0.3 is 0 Å². The summed E-state index contributed by atoms with van der Waals surface area (Å²) in [5.41, 5.74) is 7.43. The van der Waals surface area contributed by atoms with Crippen molar-refractivity contribution in [1.82, 2.24) is 9.88 Å². The summed E-state index contributed by atoms with van der Waals surface area (Å²) in [7, 11) is 2.19. The van der Waals surface area contributed by atoms with Gasteiger partial charge in [-0.25, -0.2) is 0 Å². The molecule has 3 atom stereocenters. The molecule has 3 unspecified atom stereocenters. The Balaban J connectivity index is 2.16. The maximum Gasteiger partial charge on any atom is 0.0497 e. The Bertz CT molecular complexity index is 346. The normalized spacial score (nSPS) is 21.2. The molecule has 3 nitrogen and oxygen atoms in total. The molecule has 0 saturated heterocycles. The zero-order valence-corrected chi connectivity index (χ0v) is 11.0. The van der Waals surface area contributed by atoms with Crippen LogP contribution in [-0.2, 0) is 0 Å². The number of nitrogens with zero attached hydrogens (tertiary/aromatic N) is 2. The van der Waals surface area contributed by atoms with Crippen LogP contribution in [0.5, 0.6) is 0 Å². The molecule has 0 bridgehead atoms. The summed E-state index contributed by atoms with van der Waals surface area (Å²) < 4.78 is 0. The fraction of sp³-hybridized carbons (Fsp3) is 0.643. The maximum atomic E-state index is 6.17. The van der Waals surface area contributed by atoms with Gasteiger partial charge in [-0.2, -0.15) is 0 Å². The Morgan fingerprint density at radius 3 is 2.35 bits per heavy atom. The van der Waals surface area contributed by atoms with Crippen molar-refractivity contribution < 1.29 is 0 Å². The van der Waals surface area contributed by atoms with Gasteiger partial charge in [0.1, 0.15) is 0 Å². The molecule has 1 fully saturated rings. The van der Waals surface area contributed by atoms with Crippen molar-refractivity contribution in [3.8, 4) is 0 Å². The van der Waals surface area contributed by atoms with Crippen LogP contribution < -0.4 is 5.73 Å². The van der Waals surface area contributed by atoms with Crippen LogP contribution in [0, 0.1) is 5.92 Å². The van der Waals surface area contributed by atoms with E-state index in [-0.39, 0.29) is 12.1 Å². The summed E-state index contributed by atoms with van der Waals surface area (Å²) in [6, 6.07) is 5.17. The number of hydrogen-bond donors (Lipinski definition) is 1. The Labute approximate surface area is 104 Å². The lowest BCUT2D eigenvalue weighted by molar-refractivity contribution is 0.149. The largest absolute Gasteiger partial charge is 0.326 e. The molecule has 1 aromatic rings. The second-order valence-electron chi connectivity index (χ2n) is 5.33. The summed E-state index contributed by atoms with van der Waals surface area (Å²) in [4.78, 5) is 6.51. The number of aromatic nitrogens is 1. The van der Waals surface area contributed by atoms with E-state index in [2.05, 4.69) is 42.9 Å². The third kappa shape index (κ3) is 2.85. The van der Waals surface area contributed by atoms with Gasteiger partial charge in [0.2, 0.25) is 0 Å². The molecule has 1 aliphatic carbocycles. The van der Waals surface area contributed by atoms with E-state index in [4.69, 9.17) is 5.73 Å². The Morgan fingerprint density at radius 1 is 1.29 bits per heavy atom. The van der Waals surface area contributed by atoms with Crippen molar-refractivity contribution in [3.63, 3.8) is 0 Å². The number of likely N-dealkylation sites (N-methyl/N-ethyl adjacent to an activating group) is 1. The van der Waals surface area contributed by atoms with Crippen LogP contribution in [0.15, 0.2) is 24.5 Å². The highest BCUT2D eigenvalue weighted by atomic mass is 15.2. The monoisotopic (exact) mass is 233 g/mol. The van der Waals surface area contributed by atoms with Gasteiger partial charge in [0.15, 0.2) is 0 Å². The van der Waals surface area contributed by atoms with Gasteiger partial charge in [-0.3, -0.25) is 9.88 Å². The molecule has 94 valence electrons. The average molecular weight is 233 g/mol. The molecule has 2 N–H and O–H groups in total. The van der Waals surface area contributed by atoms with Crippen molar-refractivity contribution in [3.05, 3.63) is 30.1 Å². The molecule has 17 heavy (non-hydrogen) atoms. The van der Waals surface area contributed by atoms with Gasteiger partial charge in [-0.1, -0.05) is 0 Å². The van der Waals surface area contributed by atoms with Crippen LogP contribution >= 0.6 is 0 Å². The topological polar surface area (TPSA) is 42.1 Å². The average Bonchev–Trinajstić information content (AvgIpc) is 3.13. The molecular weight excluding hydrogens is 210 g/mol. The van der Waals surface area contributed by atoms with Crippen LogP contribution in [0.2, 0.25) is 0 Å². The molecule has 0 aromatic carbocycles. The van der Waals surface area contributed by atoms with Crippen LogP contribution in [0.3, 0.4) is 0 Å². The van der Waals surface area contributed by atoms with E-state index in [9.17, 15) is 0 Å². The molecule has 0 spiro atoms. The van der Waals surface area contributed by atoms with Gasteiger partial charge in [0.25, 0.3) is 0 Å². The van der Waals surface area contributed by atoms with Crippen molar-refractivity contribution in [2.24, 2.45) is 11.7 Å². The fourth-order valence-electron chi connectivity index (χ4n) is 2.63. The summed E-state index contributed by atoms with van der Waals surface area (Å²) in [6.07, 6.45) is 6.43. The first-order valence-corrected chi connectivity index (χ1v) is 6.48. The van der Waals surface area contributed by atoms with Gasteiger partial charge in [0.05, 0.1) is 0 Å². The number of pyridine rings is 1. The van der Waals surface area contributed by atoms with Crippen molar-refractivity contribution in [1.29, 1.82) is 0 Å². The first-order chi connectivity index (χ1) is 8.11. The highest BCUT2D eigenvalue weighted by molar-refractivity contribution is 5.17. The molecule has 1 saturated carbocycles. The van der Waals surface area contributed by atoms with E-state index in [1.165, 1.54) is 18.4 Å². The SMILES string of the molecule is CC(N)C(c1ccncc1)N(C)C(C)C1CC1. The van der Waals surface area contributed by atoms with Crippen molar-refractivity contribution in [2.75, 3.05) is 7.05 Å². The molecule has 3 heteroatoms. The molecule has 0 aliphatic heterocycles. The van der Waals surface area contributed by atoms with Crippen LogP contribution in [0.25, 0.3) is 0 Å². The smallest absolute Gasteiger partial charge is 0.0497 e. The first-order valence-electron chi connectivity index (χ1n) is 6.48. The zero-order valence-electron chi connectivity index (χ0n) is 11.0. The zero-order chi connectivity index (χ0) is 12.4. The predicted octanol–water partition coefficient (Wildman–Crippen LogP) is 2.20. The third-order valence-corrected chi connectivity index (χ3v) is 3.93. The lowest BCUT2D eigenvalue weighted by Crippen LogP contribution is -2.42. The predicted molar refractivity (Wildman–Crippen MR) is 70.6 cm³/mol. The number of hydrogen-bond acceptors (Lipinski definition) is 3. The van der Waals surface area contributed by atoms with Gasteiger partial charge in [-0.15, -0.1) is 0 Å². The second-order valence-corrected chi connectivity index (χ2v) is 5.33. The number of rotatable bonds is 5. The fourth-order valence-corrected chi connectivity index (χ4v) is 2.63. The van der Waals surface area contributed by atoms with Gasteiger partial charge < -0.3 is 5.73 Å². The molecule has 1 aliphatic rings. The van der Waals surface area contributed by atoms with Crippen LogP contribution in [0.1, 0.15) is 38.3 Å². The van der Waals surface area contributed by atoms with Gasteiger partial charge in [0, 0.05) is 30.5 Å². The van der Waals surface area contributed by atoms with E-state index in [0.717, 1.165) is 5.92 Å².